The van der Waals surface area contributed by atoms with Crippen LogP contribution < -0.4 is 10.6 Å². The largest absolute Gasteiger partial charge is 0.481 e. The monoisotopic (exact) mass is 258 g/mol. The van der Waals surface area contributed by atoms with Crippen molar-refractivity contribution >= 4 is 11.9 Å². The number of hydrogen-bond donors (Lipinski definition) is 3. The zero-order valence-electron chi connectivity index (χ0n) is 11.8. The summed E-state index contributed by atoms with van der Waals surface area (Å²) in [5, 5.41) is 15.0. The second-order valence-electron chi connectivity index (χ2n) is 4.79. The standard InChI is InChI=1S/C13H26N2O3/c1-5-9(2)11(13(17)18)10(3)12(16)15-8-6-7-14-4/h9-11,14H,5-8H2,1-4H3,(H,15,16)(H,17,18). The smallest absolute Gasteiger partial charge is 0.307 e. The van der Waals surface area contributed by atoms with Crippen molar-refractivity contribution in [2.45, 2.75) is 33.6 Å². The molecule has 0 spiro atoms. The highest BCUT2D eigenvalue weighted by Gasteiger charge is 2.33. The maximum Gasteiger partial charge on any atom is 0.307 e. The molecule has 0 heterocycles. The van der Waals surface area contributed by atoms with Crippen LogP contribution in [0.2, 0.25) is 0 Å². The van der Waals surface area contributed by atoms with E-state index in [4.69, 9.17) is 0 Å². The number of rotatable bonds is 9. The van der Waals surface area contributed by atoms with E-state index in [0.29, 0.717) is 6.54 Å². The van der Waals surface area contributed by atoms with Crippen molar-refractivity contribution in [1.82, 2.24) is 10.6 Å². The van der Waals surface area contributed by atoms with Gasteiger partial charge in [-0.2, -0.15) is 0 Å². The lowest BCUT2D eigenvalue weighted by Gasteiger charge is -2.24. The van der Waals surface area contributed by atoms with Crippen LogP contribution in [0.4, 0.5) is 0 Å². The van der Waals surface area contributed by atoms with Crippen LogP contribution in [0, 0.1) is 17.8 Å². The zero-order valence-corrected chi connectivity index (χ0v) is 11.8. The van der Waals surface area contributed by atoms with Crippen molar-refractivity contribution in [2.24, 2.45) is 17.8 Å². The first-order valence-electron chi connectivity index (χ1n) is 6.60. The Labute approximate surface area is 109 Å². The molecule has 1 amide bonds. The summed E-state index contributed by atoms with van der Waals surface area (Å²) in [6, 6.07) is 0. The van der Waals surface area contributed by atoms with Gasteiger partial charge in [-0.25, -0.2) is 0 Å². The first kappa shape index (κ1) is 16.9. The fraction of sp³-hybridized carbons (Fsp3) is 0.846. The molecule has 0 saturated carbocycles. The summed E-state index contributed by atoms with van der Waals surface area (Å²) in [6.07, 6.45) is 1.60. The Kier molecular flexibility index (Phi) is 8.37. The SMILES string of the molecule is CCC(C)C(C(=O)O)C(C)C(=O)NCCCNC. The van der Waals surface area contributed by atoms with Crippen LogP contribution in [0.5, 0.6) is 0 Å². The fourth-order valence-corrected chi connectivity index (χ4v) is 2.00. The highest BCUT2D eigenvalue weighted by atomic mass is 16.4. The molecule has 18 heavy (non-hydrogen) atoms. The molecule has 0 aliphatic heterocycles. The maximum atomic E-state index is 11.9. The van der Waals surface area contributed by atoms with Gasteiger partial charge in [-0.1, -0.05) is 27.2 Å². The Morgan fingerprint density at radius 2 is 1.83 bits per heavy atom. The van der Waals surface area contributed by atoms with E-state index < -0.39 is 17.8 Å². The summed E-state index contributed by atoms with van der Waals surface area (Å²) >= 11 is 0. The van der Waals surface area contributed by atoms with E-state index in [1.807, 2.05) is 20.9 Å². The number of nitrogens with one attached hydrogen (secondary N) is 2. The van der Waals surface area contributed by atoms with Crippen molar-refractivity contribution in [3.05, 3.63) is 0 Å². The number of hydrogen-bond acceptors (Lipinski definition) is 3. The van der Waals surface area contributed by atoms with Crippen LogP contribution in [-0.4, -0.2) is 37.1 Å². The van der Waals surface area contributed by atoms with Crippen molar-refractivity contribution in [3.63, 3.8) is 0 Å². The molecule has 0 fully saturated rings. The van der Waals surface area contributed by atoms with Gasteiger partial charge in [0.25, 0.3) is 0 Å². The van der Waals surface area contributed by atoms with Crippen LogP contribution in [0.1, 0.15) is 33.6 Å². The van der Waals surface area contributed by atoms with Gasteiger partial charge in [-0.3, -0.25) is 9.59 Å². The Morgan fingerprint density at radius 1 is 1.22 bits per heavy atom. The summed E-state index contributed by atoms with van der Waals surface area (Å²) in [4.78, 5) is 23.1. The molecule has 0 saturated heterocycles. The van der Waals surface area contributed by atoms with Gasteiger partial charge in [0.15, 0.2) is 0 Å². The number of carbonyl (C=O) groups is 2. The van der Waals surface area contributed by atoms with Crippen LogP contribution in [0.15, 0.2) is 0 Å². The highest BCUT2D eigenvalue weighted by Crippen LogP contribution is 2.24. The number of carboxylic acids is 1. The average molecular weight is 258 g/mol. The molecule has 0 bridgehead atoms. The van der Waals surface area contributed by atoms with E-state index in [1.165, 1.54) is 0 Å². The van der Waals surface area contributed by atoms with Crippen molar-refractivity contribution in [1.29, 1.82) is 0 Å². The zero-order chi connectivity index (χ0) is 14.1. The van der Waals surface area contributed by atoms with E-state index in [-0.39, 0.29) is 11.8 Å². The molecule has 5 heteroatoms. The van der Waals surface area contributed by atoms with E-state index >= 15 is 0 Å². The number of carbonyl (C=O) groups excluding carboxylic acids is 1. The van der Waals surface area contributed by atoms with E-state index in [0.717, 1.165) is 19.4 Å². The second kappa shape index (κ2) is 8.91. The number of amides is 1. The molecule has 3 N–H and O–H groups in total. The third-order valence-corrected chi connectivity index (χ3v) is 3.40. The number of carboxylic acid groups (broad SMARTS) is 1. The van der Waals surface area contributed by atoms with Gasteiger partial charge in [-0.15, -0.1) is 0 Å². The van der Waals surface area contributed by atoms with Gasteiger partial charge in [0, 0.05) is 12.5 Å². The first-order chi connectivity index (χ1) is 8.45. The molecule has 0 aromatic carbocycles. The molecule has 0 aliphatic rings. The Hall–Kier alpha value is -1.10. The summed E-state index contributed by atoms with van der Waals surface area (Å²) in [5.41, 5.74) is 0. The molecule has 0 aromatic rings. The molecule has 106 valence electrons. The van der Waals surface area contributed by atoms with Crippen LogP contribution in [-0.2, 0) is 9.59 Å². The van der Waals surface area contributed by atoms with Gasteiger partial charge in [0.05, 0.1) is 5.92 Å². The van der Waals surface area contributed by atoms with Crippen molar-refractivity contribution in [2.75, 3.05) is 20.1 Å². The molecule has 0 radical (unpaired) electrons. The van der Waals surface area contributed by atoms with Crippen LogP contribution in [0.25, 0.3) is 0 Å². The van der Waals surface area contributed by atoms with E-state index in [9.17, 15) is 14.7 Å². The topological polar surface area (TPSA) is 78.4 Å². The number of aliphatic carboxylic acids is 1. The molecular weight excluding hydrogens is 232 g/mol. The normalized spacial score (nSPS) is 15.8. The fourth-order valence-electron chi connectivity index (χ4n) is 2.00. The third-order valence-electron chi connectivity index (χ3n) is 3.40. The third kappa shape index (κ3) is 5.49. The van der Waals surface area contributed by atoms with Gasteiger partial charge >= 0.3 is 5.97 Å². The molecule has 0 aliphatic carbocycles. The summed E-state index contributed by atoms with van der Waals surface area (Å²) in [5.74, 6) is -2.16. The Bertz CT molecular complexity index is 269. The van der Waals surface area contributed by atoms with Crippen LogP contribution >= 0.6 is 0 Å². The second-order valence-corrected chi connectivity index (χ2v) is 4.79. The Balaban J connectivity index is 4.34. The predicted molar refractivity (Wildman–Crippen MR) is 71.3 cm³/mol. The quantitative estimate of drug-likeness (QED) is 0.541. The molecular formula is C13H26N2O3. The van der Waals surface area contributed by atoms with Gasteiger partial charge in [0.1, 0.15) is 0 Å². The molecule has 3 atom stereocenters. The molecule has 5 nitrogen and oxygen atoms in total. The van der Waals surface area contributed by atoms with Crippen molar-refractivity contribution < 1.29 is 14.7 Å². The summed E-state index contributed by atoms with van der Waals surface area (Å²) in [6.45, 7) is 6.93. The lowest BCUT2D eigenvalue weighted by Crippen LogP contribution is -2.39. The summed E-state index contributed by atoms with van der Waals surface area (Å²) in [7, 11) is 1.85. The predicted octanol–water partition coefficient (Wildman–Crippen LogP) is 1.10. The lowest BCUT2D eigenvalue weighted by atomic mass is 9.81. The van der Waals surface area contributed by atoms with E-state index in [2.05, 4.69) is 10.6 Å². The van der Waals surface area contributed by atoms with E-state index in [1.54, 1.807) is 6.92 Å². The minimum absolute atomic E-state index is 0.000517. The van der Waals surface area contributed by atoms with Gasteiger partial charge in [-0.05, 0) is 25.9 Å². The highest BCUT2D eigenvalue weighted by molar-refractivity contribution is 5.84. The minimum Gasteiger partial charge on any atom is -0.481 e. The van der Waals surface area contributed by atoms with Gasteiger partial charge in [0.2, 0.25) is 5.91 Å². The summed E-state index contributed by atoms with van der Waals surface area (Å²) < 4.78 is 0. The molecule has 0 aromatic heterocycles. The first-order valence-corrected chi connectivity index (χ1v) is 6.60. The Morgan fingerprint density at radius 3 is 2.28 bits per heavy atom. The average Bonchev–Trinajstić information content (AvgIpc) is 2.33. The maximum absolute atomic E-state index is 11.9. The van der Waals surface area contributed by atoms with Crippen molar-refractivity contribution in [3.8, 4) is 0 Å². The molecule has 0 rings (SSSR count). The van der Waals surface area contributed by atoms with Crippen LogP contribution in [0.3, 0.4) is 0 Å². The lowest BCUT2D eigenvalue weighted by molar-refractivity contribution is -0.149. The van der Waals surface area contributed by atoms with Gasteiger partial charge < -0.3 is 15.7 Å². The molecule has 3 unspecified atom stereocenters. The minimum atomic E-state index is -0.887.